The summed E-state index contributed by atoms with van der Waals surface area (Å²) in [4.78, 5) is 19.8. The fourth-order valence-corrected chi connectivity index (χ4v) is 1.81. The molecule has 0 aliphatic heterocycles. The Balaban J connectivity index is 2.77. The van der Waals surface area contributed by atoms with Crippen LogP contribution >= 0.6 is 31.9 Å². The van der Waals surface area contributed by atoms with E-state index in [1.807, 2.05) is 0 Å². The summed E-state index contributed by atoms with van der Waals surface area (Å²) in [6.45, 7) is 3.55. The number of carbonyl (C=O) groups excluding carboxylic acids is 1. The van der Waals surface area contributed by atoms with E-state index in [4.69, 9.17) is 5.73 Å². The molecular formula is C9H12Br2N4O. The zero-order valence-corrected chi connectivity index (χ0v) is 12.0. The van der Waals surface area contributed by atoms with Crippen LogP contribution in [0.5, 0.6) is 0 Å². The Kier molecular flexibility index (Phi) is 4.82. The Morgan fingerprint density at radius 2 is 2.12 bits per heavy atom. The molecule has 16 heavy (non-hydrogen) atoms. The van der Waals surface area contributed by atoms with Gasteiger partial charge in [-0.3, -0.25) is 4.79 Å². The molecule has 2 atom stereocenters. The van der Waals surface area contributed by atoms with Gasteiger partial charge in [0.05, 0.1) is 12.1 Å². The molecule has 3 N–H and O–H groups in total. The molecule has 88 valence electrons. The predicted molar refractivity (Wildman–Crippen MR) is 68.9 cm³/mol. The summed E-state index contributed by atoms with van der Waals surface area (Å²) in [5.41, 5.74) is 5.64. The van der Waals surface area contributed by atoms with E-state index in [9.17, 15) is 4.79 Å². The standard InChI is InChI=1S/C9H12Br2N4O/c1-4(5(2)12)9(16)15-8-7(11)14-6(10)3-13-8/h3-5H,12H2,1-2H3,(H,13,15,16). The molecule has 0 saturated carbocycles. The number of nitrogens with one attached hydrogen (secondary N) is 1. The molecule has 1 rings (SSSR count). The molecule has 0 aliphatic carbocycles. The van der Waals surface area contributed by atoms with Crippen LogP contribution in [0.25, 0.3) is 0 Å². The van der Waals surface area contributed by atoms with E-state index < -0.39 is 0 Å². The largest absolute Gasteiger partial charge is 0.327 e. The number of aromatic nitrogens is 2. The molecule has 5 nitrogen and oxygen atoms in total. The number of rotatable bonds is 3. The van der Waals surface area contributed by atoms with E-state index >= 15 is 0 Å². The van der Waals surface area contributed by atoms with Crippen LogP contribution in [0, 0.1) is 5.92 Å². The number of halogens is 2. The molecule has 0 aromatic carbocycles. The Morgan fingerprint density at radius 3 is 2.62 bits per heavy atom. The first-order valence-electron chi connectivity index (χ1n) is 4.66. The third kappa shape index (κ3) is 3.50. The lowest BCUT2D eigenvalue weighted by molar-refractivity contribution is -0.119. The summed E-state index contributed by atoms with van der Waals surface area (Å²) in [5, 5.41) is 2.66. The minimum Gasteiger partial charge on any atom is -0.327 e. The smallest absolute Gasteiger partial charge is 0.229 e. The second-order valence-corrected chi connectivity index (χ2v) is 5.03. The van der Waals surface area contributed by atoms with Gasteiger partial charge in [0.25, 0.3) is 0 Å². The van der Waals surface area contributed by atoms with Crippen molar-refractivity contribution in [1.82, 2.24) is 9.97 Å². The van der Waals surface area contributed by atoms with Crippen molar-refractivity contribution in [1.29, 1.82) is 0 Å². The van der Waals surface area contributed by atoms with Crippen LogP contribution in [0.15, 0.2) is 15.4 Å². The maximum Gasteiger partial charge on any atom is 0.229 e. The van der Waals surface area contributed by atoms with Crippen LogP contribution in [0.3, 0.4) is 0 Å². The molecule has 0 aliphatic rings. The molecule has 1 heterocycles. The fourth-order valence-electron chi connectivity index (χ4n) is 0.900. The molecule has 0 bridgehead atoms. The van der Waals surface area contributed by atoms with E-state index in [0.29, 0.717) is 15.0 Å². The average molecular weight is 352 g/mol. The number of amides is 1. The topological polar surface area (TPSA) is 80.9 Å². The van der Waals surface area contributed by atoms with Gasteiger partial charge in [0.15, 0.2) is 5.82 Å². The van der Waals surface area contributed by atoms with Crippen molar-refractivity contribution in [3.8, 4) is 0 Å². The minimum atomic E-state index is -0.280. The third-order valence-corrected chi connectivity index (χ3v) is 3.08. The second-order valence-electron chi connectivity index (χ2n) is 3.47. The van der Waals surface area contributed by atoms with Crippen LogP contribution in [0.2, 0.25) is 0 Å². The number of nitrogens with two attached hydrogens (primary N) is 1. The van der Waals surface area contributed by atoms with Gasteiger partial charge in [-0.05, 0) is 38.8 Å². The van der Waals surface area contributed by atoms with Gasteiger partial charge >= 0.3 is 0 Å². The van der Waals surface area contributed by atoms with Crippen molar-refractivity contribution in [3.63, 3.8) is 0 Å². The van der Waals surface area contributed by atoms with Crippen molar-refractivity contribution < 1.29 is 4.79 Å². The summed E-state index contributed by atoms with van der Waals surface area (Å²) >= 11 is 6.39. The lowest BCUT2D eigenvalue weighted by Crippen LogP contribution is -2.34. The Bertz CT molecular complexity index is 397. The van der Waals surface area contributed by atoms with Crippen LogP contribution in [-0.4, -0.2) is 21.9 Å². The summed E-state index contributed by atoms with van der Waals surface area (Å²) in [5.74, 6) is -0.0645. The maximum atomic E-state index is 11.7. The summed E-state index contributed by atoms with van der Waals surface area (Å²) in [6.07, 6.45) is 1.51. The molecule has 7 heteroatoms. The first-order valence-corrected chi connectivity index (χ1v) is 6.25. The van der Waals surface area contributed by atoms with Gasteiger partial charge in [0.1, 0.15) is 9.21 Å². The normalized spacial score (nSPS) is 14.3. The molecule has 0 fully saturated rings. The van der Waals surface area contributed by atoms with Crippen LogP contribution < -0.4 is 11.1 Å². The number of anilines is 1. The van der Waals surface area contributed by atoms with Crippen LogP contribution in [0.1, 0.15) is 13.8 Å². The molecule has 1 aromatic heterocycles. The van der Waals surface area contributed by atoms with Crippen molar-refractivity contribution in [2.24, 2.45) is 11.7 Å². The van der Waals surface area contributed by atoms with Gasteiger partial charge in [0, 0.05) is 6.04 Å². The maximum absolute atomic E-state index is 11.7. The molecule has 0 saturated heterocycles. The lowest BCUT2D eigenvalue weighted by atomic mass is 10.0. The second kappa shape index (κ2) is 5.70. The number of nitrogens with zero attached hydrogens (tertiary/aromatic N) is 2. The lowest BCUT2D eigenvalue weighted by Gasteiger charge is -2.15. The monoisotopic (exact) mass is 350 g/mol. The SMILES string of the molecule is CC(N)C(C)C(=O)Nc1ncc(Br)nc1Br. The average Bonchev–Trinajstić information content (AvgIpc) is 2.20. The number of hydrogen-bond acceptors (Lipinski definition) is 4. The van der Waals surface area contributed by atoms with Crippen molar-refractivity contribution in [2.75, 3.05) is 5.32 Å². The number of carbonyl (C=O) groups is 1. The van der Waals surface area contributed by atoms with Gasteiger partial charge in [-0.25, -0.2) is 9.97 Å². The van der Waals surface area contributed by atoms with Crippen LogP contribution in [0.4, 0.5) is 5.82 Å². The fraction of sp³-hybridized carbons (Fsp3) is 0.444. The van der Waals surface area contributed by atoms with Gasteiger partial charge in [0.2, 0.25) is 5.91 Å². The first-order chi connectivity index (χ1) is 7.41. The molecule has 1 amide bonds. The molecule has 0 radical (unpaired) electrons. The summed E-state index contributed by atoms with van der Waals surface area (Å²) in [6, 6.07) is -0.206. The van der Waals surface area contributed by atoms with Gasteiger partial charge < -0.3 is 11.1 Å². The summed E-state index contributed by atoms with van der Waals surface area (Å²) in [7, 11) is 0. The molecule has 1 aromatic rings. The Hall–Kier alpha value is -0.530. The van der Waals surface area contributed by atoms with Crippen molar-refractivity contribution in [3.05, 3.63) is 15.4 Å². The Labute approximate surface area is 110 Å². The van der Waals surface area contributed by atoms with Gasteiger partial charge in [-0.2, -0.15) is 0 Å². The highest BCUT2D eigenvalue weighted by molar-refractivity contribution is 9.11. The van der Waals surface area contributed by atoms with Gasteiger partial charge in [-0.15, -0.1) is 0 Å². The van der Waals surface area contributed by atoms with Crippen LogP contribution in [-0.2, 0) is 4.79 Å². The van der Waals surface area contributed by atoms with E-state index in [1.165, 1.54) is 6.20 Å². The molecular weight excluding hydrogens is 340 g/mol. The van der Waals surface area contributed by atoms with E-state index in [2.05, 4.69) is 47.1 Å². The third-order valence-electron chi connectivity index (χ3n) is 2.14. The highest BCUT2D eigenvalue weighted by Gasteiger charge is 2.18. The van der Waals surface area contributed by atoms with Crippen molar-refractivity contribution in [2.45, 2.75) is 19.9 Å². The highest BCUT2D eigenvalue weighted by atomic mass is 79.9. The minimum absolute atomic E-state index is 0.174. The molecule has 2 unspecified atom stereocenters. The van der Waals surface area contributed by atoms with Gasteiger partial charge in [-0.1, -0.05) is 6.92 Å². The summed E-state index contributed by atoms with van der Waals surface area (Å²) < 4.78 is 1.07. The zero-order valence-electron chi connectivity index (χ0n) is 8.87. The highest BCUT2D eigenvalue weighted by Crippen LogP contribution is 2.20. The first kappa shape index (κ1) is 13.5. The predicted octanol–water partition coefficient (Wildman–Crippen LogP) is 1.92. The zero-order chi connectivity index (χ0) is 12.3. The van der Waals surface area contributed by atoms with E-state index in [1.54, 1.807) is 13.8 Å². The van der Waals surface area contributed by atoms with E-state index in [-0.39, 0.29) is 17.9 Å². The Morgan fingerprint density at radius 1 is 1.50 bits per heavy atom. The molecule has 0 spiro atoms. The van der Waals surface area contributed by atoms with Crippen molar-refractivity contribution >= 4 is 43.6 Å². The number of hydrogen-bond donors (Lipinski definition) is 2. The van der Waals surface area contributed by atoms with E-state index in [0.717, 1.165) is 0 Å². The quantitative estimate of drug-likeness (QED) is 0.871.